The summed E-state index contributed by atoms with van der Waals surface area (Å²) in [6.45, 7) is 0.991. The fraction of sp³-hybridized carbons (Fsp3) is 0.222. The van der Waals surface area contributed by atoms with Crippen LogP contribution in [-0.4, -0.2) is 42.1 Å². The molecule has 0 unspecified atom stereocenters. The number of nitrogens with zero attached hydrogens (tertiary/aromatic N) is 2. The van der Waals surface area contributed by atoms with Gasteiger partial charge in [-0.15, -0.1) is 0 Å². The number of thiazole rings is 1. The van der Waals surface area contributed by atoms with Crippen LogP contribution in [0.3, 0.4) is 0 Å². The molecule has 5 aromatic rings. The molecular weight excluding hydrogens is 464 g/mol. The Labute approximate surface area is 204 Å². The van der Waals surface area contributed by atoms with Crippen molar-refractivity contribution in [1.29, 1.82) is 0 Å². The Morgan fingerprint density at radius 3 is 2.71 bits per heavy atom. The van der Waals surface area contributed by atoms with Crippen molar-refractivity contribution in [2.75, 3.05) is 20.2 Å². The summed E-state index contributed by atoms with van der Waals surface area (Å²) in [6, 6.07) is 18.9. The van der Waals surface area contributed by atoms with Gasteiger partial charge in [-0.05, 0) is 41.1 Å². The van der Waals surface area contributed by atoms with Gasteiger partial charge in [0.1, 0.15) is 23.0 Å². The SMILES string of the molecule is COc1ccc2nc(OC3CCN(C(=O)c4cc5c(ccc6ccccc65)oc4=O)CC3)sc2c1. The third kappa shape index (κ3) is 4.00. The van der Waals surface area contributed by atoms with Gasteiger partial charge in [-0.1, -0.05) is 41.7 Å². The van der Waals surface area contributed by atoms with E-state index in [0.29, 0.717) is 36.7 Å². The monoisotopic (exact) mass is 486 g/mol. The number of hydrogen-bond donors (Lipinski definition) is 0. The van der Waals surface area contributed by atoms with Gasteiger partial charge >= 0.3 is 5.63 Å². The summed E-state index contributed by atoms with van der Waals surface area (Å²) in [5.74, 6) is 0.477. The van der Waals surface area contributed by atoms with Gasteiger partial charge in [-0.3, -0.25) is 4.79 Å². The molecule has 2 aromatic heterocycles. The zero-order valence-electron chi connectivity index (χ0n) is 19.0. The third-order valence-electron chi connectivity index (χ3n) is 6.45. The molecule has 1 aliphatic rings. The molecule has 0 radical (unpaired) electrons. The molecular formula is C27H22N2O5S. The number of amides is 1. The van der Waals surface area contributed by atoms with Crippen molar-refractivity contribution in [3.8, 4) is 10.9 Å². The third-order valence-corrected chi connectivity index (χ3v) is 7.35. The highest BCUT2D eigenvalue weighted by molar-refractivity contribution is 7.20. The van der Waals surface area contributed by atoms with Crippen LogP contribution < -0.4 is 15.1 Å². The first-order chi connectivity index (χ1) is 17.1. The lowest BCUT2D eigenvalue weighted by Crippen LogP contribution is -2.43. The van der Waals surface area contributed by atoms with Gasteiger partial charge in [0, 0.05) is 31.3 Å². The van der Waals surface area contributed by atoms with E-state index >= 15 is 0 Å². The predicted octanol–water partition coefficient (Wildman–Crippen LogP) is 5.25. The lowest BCUT2D eigenvalue weighted by molar-refractivity contribution is 0.0592. The smallest absolute Gasteiger partial charge is 0.349 e. The zero-order valence-corrected chi connectivity index (χ0v) is 19.8. The molecule has 0 atom stereocenters. The maximum absolute atomic E-state index is 13.2. The van der Waals surface area contributed by atoms with E-state index < -0.39 is 5.63 Å². The standard InChI is InChI=1S/C27H22N2O5S/c1-32-18-7-8-22-24(14-18)35-27(28-22)33-17-10-12-29(13-11-17)25(30)21-15-20-19-5-3-2-4-16(19)6-9-23(20)34-26(21)31/h2-9,14-15,17H,10-13H2,1H3. The maximum Gasteiger partial charge on any atom is 0.349 e. The van der Waals surface area contributed by atoms with E-state index in [2.05, 4.69) is 4.98 Å². The lowest BCUT2D eigenvalue weighted by atomic mass is 10.0. The van der Waals surface area contributed by atoms with Crippen LogP contribution in [0.5, 0.6) is 10.9 Å². The summed E-state index contributed by atoms with van der Waals surface area (Å²) in [5, 5.41) is 3.35. The van der Waals surface area contributed by atoms with Gasteiger partial charge in [-0.25, -0.2) is 9.78 Å². The number of carbonyl (C=O) groups is 1. The molecule has 7 nitrogen and oxygen atoms in total. The average Bonchev–Trinajstić information content (AvgIpc) is 3.29. The molecule has 1 fully saturated rings. The second-order valence-corrected chi connectivity index (χ2v) is 9.56. The fourth-order valence-electron chi connectivity index (χ4n) is 4.57. The molecule has 6 rings (SSSR count). The number of aromatic nitrogens is 1. The molecule has 0 saturated carbocycles. The van der Waals surface area contributed by atoms with Crippen molar-refractivity contribution in [3.63, 3.8) is 0 Å². The Balaban J connectivity index is 1.18. The minimum Gasteiger partial charge on any atom is -0.497 e. The summed E-state index contributed by atoms with van der Waals surface area (Å²) in [4.78, 5) is 32.1. The number of piperidine rings is 1. The van der Waals surface area contributed by atoms with E-state index in [0.717, 1.165) is 32.1 Å². The molecule has 1 aliphatic heterocycles. The number of ether oxygens (including phenoxy) is 2. The minimum absolute atomic E-state index is 0.0431. The first-order valence-corrected chi connectivity index (χ1v) is 12.3. The van der Waals surface area contributed by atoms with E-state index in [1.807, 2.05) is 48.5 Å². The zero-order chi connectivity index (χ0) is 23.9. The molecule has 3 heterocycles. The molecule has 1 amide bonds. The highest BCUT2D eigenvalue weighted by atomic mass is 32.1. The summed E-state index contributed by atoms with van der Waals surface area (Å²) in [6.07, 6.45) is 1.28. The Hall–Kier alpha value is -3.91. The van der Waals surface area contributed by atoms with Crippen molar-refractivity contribution in [3.05, 3.63) is 76.6 Å². The summed E-state index contributed by atoms with van der Waals surface area (Å²) in [7, 11) is 1.64. The van der Waals surface area contributed by atoms with Crippen LogP contribution in [0.25, 0.3) is 32.0 Å². The molecule has 0 bridgehead atoms. The quantitative estimate of drug-likeness (QED) is 0.255. The summed E-state index contributed by atoms with van der Waals surface area (Å²) < 4.78 is 17.9. The van der Waals surface area contributed by atoms with Crippen LogP contribution >= 0.6 is 11.3 Å². The Bertz CT molecular complexity index is 1630. The molecule has 8 heteroatoms. The summed E-state index contributed by atoms with van der Waals surface area (Å²) in [5.41, 5.74) is 0.800. The van der Waals surface area contributed by atoms with Crippen molar-refractivity contribution in [1.82, 2.24) is 9.88 Å². The van der Waals surface area contributed by atoms with Crippen LogP contribution in [0, 0.1) is 0 Å². The van der Waals surface area contributed by atoms with Gasteiger partial charge in [-0.2, -0.15) is 0 Å². The molecule has 1 saturated heterocycles. The van der Waals surface area contributed by atoms with Crippen LogP contribution in [0.1, 0.15) is 23.2 Å². The predicted molar refractivity (Wildman–Crippen MR) is 136 cm³/mol. The number of methoxy groups -OCH3 is 1. The van der Waals surface area contributed by atoms with Crippen molar-refractivity contribution in [2.45, 2.75) is 18.9 Å². The molecule has 0 aliphatic carbocycles. The summed E-state index contributed by atoms with van der Waals surface area (Å²) >= 11 is 1.48. The number of benzene rings is 3. The Morgan fingerprint density at radius 1 is 1.06 bits per heavy atom. The number of likely N-dealkylation sites (tertiary alicyclic amines) is 1. The van der Waals surface area contributed by atoms with Gasteiger partial charge in [0.25, 0.3) is 11.1 Å². The van der Waals surface area contributed by atoms with E-state index in [1.54, 1.807) is 24.1 Å². The van der Waals surface area contributed by atoms with Crippen LogP contribution in [0.4, 0.5) is 0 Å². The number of carbonyl (C=O) groups excluding carboxylic acids is 1. The fourth-order valence-corrected chi connectivity index (χ4v) is 5.48. The molecule has 0 N–H and O–H groups in total. The highest BCUT2D eigenvalue weighted by Crippen LogP contribution is 2.32. The van der Waals surface area contributed by atoms with Crippen molar-refractivity contribution in [2.24, 2.45) is 0 Å². The Kier molecular flexibility index (Phi) is 5.37. The van der Waals surface area contributed by atoms with Crippen LogP contribution in [-0.2, 0) is 0 Å². The Morgan fingerprint density at radius 2 is 1.89 bits per heavy atom. The first-order valence-electron chi connectivity index (χ1n) is 11.5. The van der Waals surface area contributed by atoms with Crippen LogP contribution in [0.2, 0.25) is 0 Å². The highest BCUT2D eigenvalue weighted by Gasteiger charge is 2.27. The minimum atomic E-state index is -0.610. The van der Waals surface area contributed by atoms with E-state index in [-0.39, 0.29) is 17.6 Å². The van der Waals surface area contributed by atoms with Gasteiger partial charge in [0.2, 0.25) is 0 Å². The lowest BCUT2D eigenvalue weighted by Gasteiger charge is -2.31. The molecule has 0 spiro atoms. The van der Waals surface area contributed by atoms with Crippen molar-refractivity contribution >= 4 is 49.2 Å². The molecule has 3 aromatic carbocycles. The van der Waals surface area contributed by atoms with E-state index in [1.165, 1.54) is 11.3 Å². The van der Waals surface area contributed by atoms with Crippen LogP contribution in [0.15, 0.2) is 69.9 Å². The molecule has 35 heavy (non-hydrogen) atoms. The van der Waals surface area contributed by atoms with E-state index in [4.69, 9.17) is 13.9 Å². The second kappa shape index (κ2) is 8.70. The topological polar surface area (TPSA) is 81.9 Å². The average molecular weight is 487 g/mol. The second-order valence-electron chi connectivity index (χ2n) is 8.57. The van der Waals surface area contributed by atoms with Crippen molar-refractivity contribution < 1.29 is 18.7 Å². The number of fused-ring (bicyclic) bond motifs is 4. The number of hydrogen-bond acceptors (Lipinski definition) is 7. The normalized spacial score (nSPS) is 14.6. The number of rotatable bonds is 4. The van der Waals surface area contributed by atoms with Gasteiger partial charge < -0.3 is 18.8 Å². The maximum atomic E-state index is 13.2. The van der Waals surface area contributed by atoms with E-state index in [9.17, 15) is 9.59 Å². The largest absolute Gasteiger partial charge is 0.497 e. The first kappa shape index (κ1) is 21.6. The van der Waals surface area contributed by atoms with Gasteiger partial charge in [0.05, 0.1) is 17.3 Å². The molecule has 176 valence electrons. The van der Waals surface area contributed by atoms with Gasteiger partial charge in [0.15, 0.2) is 0 Å².